The van der Waals surface area contributed by atoms with Crippen LogP contribution in [0, 0.1) is 0 Å². The summed E-state index contributed by atoms with van der Waals surface area (Å²) in [5.74, 6) is -0.00963. The molecule has 1 rings (SSSR count). The molecule has 0 heterocycles. The topological polar surface area (TPSA) is 50.4 Å². The van der Waals surface area contributed by atoms with Crippen LogP contribution in [-0.2, 0) is 9.53 Å². The Morgan fingerprint density at radius 1 is 1.32 bits per heavy atom. The number of anilines is 1. The zero-order valence-corrected chi connectivity index (χ0v) is 12.0. The molecule has 1 aromatic carbocycles. The summed E-state index contributed by atoms with van der Waals surface area (Å²) in [7, 11) is 0. The average molecular weight is 264 g/mol. The van der Waals surface area contributed by atoms with Crippen LogP contribution < -0.4 is 10.6 Å². The number of carbonyl (C=O) groups excluding carboxylic acids is 1. The second-order valence-electron chi connectivity index (χ2n) is 4.36. The molecule has 0 saturated carbocycles. The van der Waals surface area contributed by atoms with Crippen LogP contribution in [0.4, 0.5) is 5.69 Å². The van der Waals surface area contributed by atoms with Crippen LogP contribution in [0.2, 0.25) is 0 Å². The molecule has 2 N–H and O–H groups in total. The van der Waals surface area contributed by atoms with Gasteiger partial charge < -0.3 is 15.4 Å². The monoisotopic (exact) mass is 264 g/mol. The first-order valence-electron chi connectivity index (χ1n) is 6.88. The van der Waals surface area contributed by atoms with Crippen LogP contribution in [0.15, 0.2) is 24.3 Å². The Hall–Kier alpha value is -1.39. The van der Waals surface area contributed by atoms with E-state index >= 15 is 0 Å². The molecule has 1 unspecified atom stereocenters. The molecule has 0 spiro atoms. The molecule has 106 valence electrons. The molecule has 19 heavy (non-hydrogen) atoms. The summed E-state index contributed by atoms with van der Waals surface area (Å²) in [5.41, 5.74) is 1.98. The fraction of sp³-hybridized carbons (Fsp3) is 0.533. The Balaban J connectivity index is 2.64. The minimum atomic E-state index is -0.00963. The van der Waals surface area contributed by atoms with Gasteiger partial charge >= 0.3 is 0 Å². The molecular formula is C15H24N2O2. The lowest BCUT2D eigenvalue weighted by Crippen LogP contribution is -2.21. The van der Waals surface area contributed by atoms with Crippen molar-refractivity contribution >= 4 is 11.6 Å². The quantitative estimate of drug-likeness (QED) is 0.710. The first-order chi connectivity index (χ1) is 9.19. The van der Waals surface area contributed by atoms with E-state index in [4.69, 9.17) is 4.74 Å². The number of hydrogen-bond donors (Lipinski definition) is 2. The Morgan fingerprint density at radius 2 is 2.05 bits per heavy atom. The van der Waals surface area contributed by atoms with Crippen molar-refractivity contribution in [2.24, 2.45) is 0 Å². The number of ether oxygens (including phenoxy) is 1. The highest BCUT2D eigenvalue weighted by Gasteiger charge is 2.11. The van der Waals surface area contributed by atoms with Gasteiger partial charge in [0.1, 0.15) is 0 Å². The van der Waals surface area contributed by atoms with Gasteiger partial charge in [-0.25, -0.2) is 0 Å². The molecule has 0 aliphatic rings. The summed E-state index contributed by atoms with van der Waals surface area (Å²) in [6, 6.07) is 8.10. The minimum Gasteiger partial charge on any atom is -0.381 e. The van der Waals surface area contributed by atoms with Gasteiger partial charge in [-0.2, -0.15) is 0 Å². The van der Waals surface area contributed by atoms with Crippen molar-refractivity contribution in [2.75, 3.05) is 25.1 Å². The molecule has 0 aliphatic carbocycles. The summed E-state index contributed by atoms with van der Waals surface area (Å²) < 4.78 is 5.18. The van der Waals surface area contributed by atoms with Crippen LogP contribution in [0.5, 0.6) is 0 Å². The van der Waals surface area contributed by atoms with E-state index in [1.54, 1.807) is 0 Å². The molecule has 0 bridgehead atoms. The third kappa shape index (κ3) is 5.41. The molecule has 1 amide bonds. The van der Waals surface area contributed by atoms with E-state index in [9.17, 15) is 4.79 Å². The fourth-order valence-electron chi connectivity index (χ4n) is 1.93. The minimum absolute atomic E-state index is 0.00963. The Morgan fingerprint density at radius 3 is 2.74 bits per heavy atom. The number of amides is 1. The Labute approximate surface area is 115 Å². The van der Waals surface area contributed by atoms with Crippen LogP contribution in [0.25, 0.3) is 0 Å². The molecule has 0 saturated heterocycles. The SMILES string of the molecule is CCNC(C)c1ccccc1NC(=O)CCOCC. The zero-order valence-electron chi connectivity index (χ0n) is 12.0. The lowest BCUT2D eigenvalue weighted by Gasteiger charge is -2.17. The van der Waals surface area contributed by atoms with Crippen molar-refractivity contribution in [3.8, 4) is 0 Å². The molecule has 4 heteroatoms. The summed E-state index contributed by atoms with van der Waals surface area (Å²) in [6.45, 7) is 8.09. The smallest absolute Gasteiger partial charge is 0.226 e. The molecule has 1 aromatic rings. The first-order valence-corrected chi connectivity index (χ1v) is 6.88. The van der Waals surface area contributed by atoms with Gasteiger partial charge in [-0.3, -0.25) is 4.79 Å². The summed E-state index contributed by atoms with van der Waals surface area (Å²) >= 11 is 0. The maximum Gasteiger partial charge on any atom is 0.226 e. The molecule has 0 aromatic heterocycles. The van der Waals surface area contributed by atoms with E-state index in [1.165, 1.54) is 0 Å². The van der Waals surface area contributed by atoms with Crippen molar-refractivity contribution in [1.82, 2.24) is 5.32 Å². The molecule has 1 atom stereocenters. The molecule has 0 aliphatic heterocycles. The largest absolute Gasteiger partial charge is 0.381 e. The van der Waals surface area contributed by atoms with Crippen molar-refractivity contribution in [3.05, 3.63) is 29.8 Å². The van der Waals surface area contributed by atoms with E-state index in [0.29, 0.717) is 19.6 Å². The van der Waals surface area contributed by atoms with E-state index < -0.39 is 0 Å². The van der Waals surface area contributed by atoms with Crippen molar-refractivity contribution < 1.29 is 9.53 Å². The van der Waals surface area contributed by atoms with Gasteiger partial charge in [-0.05, 0) is 32.0 Å². The maximum atomic E-state index is 11.8. The number of carbonyl (C=O) groups is 1. The normalized spacial score (nSPS) is 12.2. The standard InChI is InChI=1S/C15H24N2O2/c1-4-16-12(3)13-8-6-7-9-14(13)17-15(18)10-11-19-5-2/h6-9,12,16H,4-5,10-11H2,1-3H3,(H,17,18). The number of para-hydroxylation sites is 1. The van der Waals surface area contributed by atoms with Gasteiger partial charge in [0.25, 0.3) is 0 Å². The van der Waals surface area contributed by atoms with Crippen LogP contribution in [0.1, 0.15) is 38.8 Å². The van der Waals surface area contributed by atoms with Crippen LogP contribution in [0.3, 0.4) is 0 Å². The van der Waals surface area contributed by atoms with Gasteiger partial charge in [-0.1, -0.05) is 25.1 Å². The van der Waals surface area contributed by atoms with Crippen molar-refractivity contribution in [1.29, 1.82) is 0 Å². The van der Waals surface area contributed by atoms with E-state index in [0.717, 1.165) is 17.8 Å². The predicted octanol–water partition coefficient (Wildman–Crippen LogP) is 2.72. The Kier molecular flexibility index (Phi) is 7.15. The molecular weight excluding hydrogens is 240 g/mol. The highest BCUT2D eigenvalue weighted by atomic mass is 16.5. The summed E-state index contributed by atoms with van der Waals surface area (Å²) in [4.78, 5) is 11.8. The second kappa shape index (κ2) is 8.67. The number of nitrogens with one attached hydrogen (secondary N) is 2. The molecule has 0 radical (unpaired) electrons. The van der Waals surface area contributed by atoms with Crippen molar-refractivity contribution in [2.45, 2.75) is 33.2 Å². The van der Waals surface area contributed by atoms with Crippen LogP contribution in [-0.4, -0.2) is 25.7 Å². The average Bonchev–Trinajstić information content (AvgIpc) is 2.40. The van der Waals surface area contributed by atoms with E-state index in [1.807, 2.05) is 31.2 Å². The van der Waals surface area contributed by atoms with Crippen molar-refractivity contribution in [3.63, 3.8) is 0 Å². The summed E-state index contributed by atoms with van der Waals surface area (Å²) in [6.07, 6.45) is 0.387. The number of hydrogen-bond acceptors (Lipinski definition) is 3. The second-order valence-corrected chi connectivity index (χ2v) is 4.36. The van der Waals surface area contributed by atoms with Gasteiger partial charge in [0.15, 0.2) is 0 Å². The van der Waals surface area contributed by atoms with Gasteiger partial charge in [0, 0.05) is 18.3 Å². The van der Waals surface area contributed by atoms with Gasteiger partial charge in [-0.15, -0.1) is 0 Å². The third-order valence-corrected chi connectivity index (χ3v) is 2.89. The fourth-order valence-corrected chi connectivity index (χ4v) is 1.93. The number of rotatable bonds is 8. The first kappa shape index (κ1) is 15.7. The Bertz CT molecular complexity index is 393. The van der Waals surface area contributed by atoms with E-state index in [2.05, 4.69) is 24.5 Å². The lowest BCUT2D eigenvalue weighted by molar-refractivity contribution is -0.117. The molecule has 4 nitrogen and oxygen atoms in total. The lowest BCUT2D eigenvalue weighted by atomic mass is 10.1. The highest BCUT2D eigenvalue weighted by molar-refractivity contribution is 5.91. The van der Waals surface area contributed by atoms with E-state index in [-0.39, 0.29) is 11.9 Å². The van der Waals surface area contributed by atoms with Gasteiger partial charge in [0.2, 0.25) is 5.91 Å². The molecule has 0 fully saturated rings. The van der Waals surface area contributed by atoms with Crippen LogP contribution >= 0.6 is 0 Å². The zero-order chi connectivity index (χ0) is 14.1. The predicted molar refractivity (Wildman–Crippen MR) is 78.3 cm³/mol. The number of benzene rings is 1. The highest BCUT2D eigenvalue weighted by Crippen LogP contribution is 2.22. The van der Waals surface area contributed by atoms with Gasteiger partial charge in [0.05, 0.1) is 13.0 Å². The third-order valence-electron chi connectivity index (χ3n) is 2.89. The maximum absolute atomic E-state index is 11.8. The summed E-state index contributed by atoms with van der Waals surface area (Å²) in [5, 5.41) is 6.30.